The van der Waals surface area contributed by atoms with Gasteiger partial charge in [-0.05, 0) is 0 Å². The normalized spacial score (nSPS) is 13.3. The third-order valence-electron chi connectivity index (χ3n) is 7.34. The van der Waals surface area contributed by atoms with Crippen LogP contribution in [0.4, 0.5) is 0 Å². The van der Waals surface area contributed by atoms with Gasteiger partial charge in [-0.2, -0.15) is 0 Å². The molecule has 0 radical (unpaired) electrons. The van der Waals surface area contributed by atoms with Crippen molar-refractivity contribution in [3.05, 3.63) is 60.7 Å². The first-order valence-corrected chi connectivity index (χ1v) is 26.0. The van der Waals surface area contributed by atoms with Gasteiger partial charge in [0, 0.05) is 0 Å². The Kier molecular flexibility index (Phi) is 16.0. The van der Waals surface area contributed by atoms with Crippen LogP contribution in [0.5, 0.6) is 11.5 Å². The summed E-state index contributed by atoms with van der Waals surface area (Å²) in [5, 5.41) is 0. The van der Waals surface area contributed by atoms with Crippen molar-refractivity contribution in [1.29, 1.82) is 0 Å². The predicted octanol–water partition coefficient (Wildman–Crippen LogP) is 11.8. The van der Waals surface area contributed by atoms with E-state index in [4.69, 9.17) is 10.6 Å². The molecule has 7 heteroatoms. The van der Waals surface area contributed by atoms with Gasteiger partial charge in [-0.25, -0.2) is 0 Å². The minimum atomic E-state index is -4.92. The summed E-state index contributed by atoms with van der Waals surface area (Å²) in [6.07, 6.45) is 0. The van der Waals surface area contributed by atoms with E-state index < -0.39 is 38.7 Å². The van der Waals surface area contributed by atoms with Crippen molar-refractivity contribution in [2.45, 2.75) is 119 Å². The molecule has 2 rings (SSSR count). The van der Waals surface area contributed by atoms with Crippen molar-refractivity contribution in [1.82, 2.24) is 0 Å². The molecule has 0 aliphatic rings. The molecule has 43 heavy (non-hydrogen) atoms. The maximum absolute atomic E-state index is 7.88. The van der Waals surface area contributed by atoms with Gasteiger partial charge in [-0.1, -0.05) is 0 Å². The minimum absolute atomic E-state index is 0.519. The number of benzene rings is 2. The molecule has 244 valence electrons. The van der Waals surface area contributed by atoms with Gasteiger partial charge >= 0.3 is 276 Å². The van der Waals surface area contributed by atoms with Crippen LogP contribution in [0.15, 0.2) is 60.7 Å². The molecule has 2 aromatic rings. The molecule has 0 saturated heterocycles. The Labute approximate surface area is 274 Å². The van der Waals surface area contributed by atoms with Crippen molar-refractivity contribution >= 4 is 16.6 Å². The SMILES string of the molecule is CC(C)C[Si](CC(C)C)(CC(C)C)[O][Zr]([O]c1ccccc1)([O]c1ccccc1)[O][Si](CC(C)C)(CC(C)C)CC(C)C. The van der Waals surface area contributed by atoms with Gasteiger partial charge < -0.3 is 0 Å². The zero-order valence-electron chi connectivity index (χ0n) is 29.6. The molecule has 0 saturated carbocycles. The number of rotatable bonds is 20. The van der Waals surface area contributed by atoms with Crippen LogP contribution in [-0.2, 0) is 27.0 Å². The predicted molar refractivity (Wildman–Crippen MR) is 186 cm³/mol. The molecule has 0 fully saturated rings. The second kappa shape index (κ2) is 17.8. The Morgan fingerprint density at radius 2 is 0.651 bits per heavy atom. The summed E-state index contributed by atoms with van der Waals surface area (Å²) in [5.41, 5.74) is 0. The van der Waals surface area contributed by atoms with Crippen molar-refractivity contribution in [3.8, 4) is 11.5 Å². The van der Waals surface area contributed by atoms with Gasteiger partial charge in [0.05, 0.1) is 0 Å². The summed E-state index contributed by atoms with van der Waals surface area (Å²) >= 11 is -4.92. The van der Waals surface area contributed by atoms with Crippen LogP contribution in [0.1, 0.15) is 83.1 Å². The number of hydrogen-bond donors (Lipinski definition) is 0. The summed E-state index contributed by atoms with van der Waals surface area (Å²) in [5.74, 6) is 4.69. The van der Waals surface area contributed by atoms with E-state index >= 15 is 0 Å². The summed E-state index contributed by atoms with van der Waals surface area (Å²) in [7, 11) is -4.81. The van der Waals surface area contributed by atoms with E-state index in [1.54, 1.807) is 0 Å². The van der Waals surface area contributed by atoms with Gasteiger partial charge in [-0.15, -0.1) is 0 Å². The number of hydrogen-bond acceptors (Lipinski definition) is 4. The molecule has 0 aromatic heterocycles. The second-order valence-electron chi connectivity index (χ2n) is 15.5. The zero-order valence-corrected chi connectivity index (χ0v) is 34.1. The Balaban J connectivity index is 2.92. The van der Waals surface area contributed by atoms with Crippen LogP contribution in [0, 0.1) is 35.5 Å². The van der Waals surface area contributed by atoms with Gasteiger partial charge in [0.1, 0.15) is 0 Å². The molecule has 2 aromatic carbocycles. The Morgan fingerprint density at radius 1 is 0.419 bits per heavy atom. The van der Waals surface area contributed by atoms with Crippen molar-refractivity contribution < 1.29 is 32.7 Å². The summed E-state index contributed by atoms with van der Waals surface area (Å²) in [6.45, 7) is 28.1. The van der Waals surface area contributed by atoms with Crippen LogP contribution < -0.4 is 5.63 Å². The van der Waals surface area contributed by atoms with E-state index in [-0.39, 0.29) is 0 Å². The first kappa shape index (κ1) is 38.5. The average molecular weight is 708 g/mol. The molecule has 0 heterocycles. The van der Waals surface area contributed by atoms with E-state index in [1.165, 1.54) is 0 Å². The zero-order chi connectivity index (χ0) is 32.3. The summed E-state index contributed by atoms with van der Waals surface area (Å²) < 4.78 is 30.2. The van der Waals surface area contributed by atoms with Gasteiger partial charge in [0.15, 0.2) is 0 Å². The molecule has 0 bridgehead atoms. The second-order valence-corrected chi connectivity index (χ2v) is 29.5. The molecule has 0 aliphatic carbocycles. The maximum atomic E-state index is 7.88. The third-order valence-corrected chi connectivity index (χ3v) is 30.5. The van der Waals surface area contributed by atoms with E-state index in [1.807, 2.05) is 60.7 Å². The van der Waals surface area contributed by atoms with E-state index in [2.05, 4.69) is 83.1 Å². The topological polar surface area (TPSA) is 36.9 Å². The molecular weight excluding hydrogens is 644 g/mol. The van der Waals surface area contributed by atoms with Gasteiger partial charge in [0.2, 0.25) is 0 Å². The molecule has 0 spiro atoms. The third kappa shape index (κ3) is 14.1. The molecule has 0 aliphatic heterocycles. The molecular formula is C36H64O4Si2Zr. The average Bonchev–Trinajstić information content (AvgIpc) is 2.82. The van der Waals surface area contributed by atoms with Crippen molar-refractivity contribution in [2.75, 3.05) is 0 Å². The monoisotopic (exact) mass is 706 g/mol. The van der Waals surface area contributed by atoms with Crippen LogP contribution in [-0.4, -0.2) is 16.6 Å². The Bertz CT molecular complexity index is 892. The Hall–Kier alpha value is -0.723. The van der Waals surface area contributed by atoms with Crippen LogP contribution in [0.3, 0.4) is 0 Å². The van der Waals surface area contributed by atoms with Crippen LogP contribution >= 0.6 is 0 Å². The molecule has 0 N–H and O–H groups in total. The fraction of sp³-hybridized carbons (Fsp3) is 0.667. The van der Waals surface area contributed by atoms with Gasteiger partial charge in [-0.3, -0.25) is 0 Å². The van der Waals surface area contributed by atoms with E-state index in [0.717, 1.165) is 47.8 Å². The standard InChI is InChI=1S/2C12H27OSi.2C6H6O.Zr/c2*1-10(2)7-14(13,8-11(3)4)9-12(5)6;2*7-6-4-2-1-3-5-6;/h2*10-12H,7-9H2,1-6H3;2*1-5,7H;/q2*-1;;;+4/p-2. The fourth-order valence-electron chi connectivity index (χ4n) is 7.14. The van der Waals surface area contributed by atoms with E-state index in [9.17, 15) is 0 Å². The Morgan fingerprint density at radius 3 is 0.860 bits per heavy atom. The number of para-hydroxylation sites is 2. The quantitative estimate of drug-likeness (QED) is 0.128. The summed E-state index contributed by atoms with van der Waals surface area (Å²) in [4.78, 5) is 0. The van der Waals surface area contributed by atoms with Crippen LogP contribution in [0.25, 0.3) is 0 Å². The molecule has 4 nitrogen and oxygen atoms in total. The first-order valence-electron chi connectivity index (χ1n) is 17.0. The molecule has 0 atom stereocenters. The van der Waals surface area contributed by atoms with Crippen molar-refractivity contribution in [2.24, 2.45) is 35.5 Å². The molecule has 0 unspecified atom stereocenters. The first-order chi connectivity index (χ1) is 20.1. The van der Waals surface area contributed by atoms with Gasteiger partial charge in [0.25, 0.3) is 0 Å². The van der Waals surface area contributed by atoms with Crippen LogP contribution in [0.2, 0.25) is 36.3 Å². The van der Waals surface area contributed by atoms with Crippen molar-refractivity contribution in [3.63, 3.8) is 0 Å². The fourth-order valence-corrected chi connectivity index (χ4v) is 34.8. The summed E-state index contributed by atoms with van der Waals surface area (Å²) in [6, 6.07) is 26.9. The molecule has 0 amide bonds. The van der Waals surface area contributed by atoms with E-state index in [0.29, 0.717) is 35.5 Å².